The number of ether oxygens (including phenoxy) is 1. The summed E-state index contributed by atoms with van der Waals surface area (Å²) in [5.41, 5.74) is 2.40. The van der Waals surface area contributed by atoms with Crippen LogP contribution >= 0.6 is 0 Å². The predicted octanol–water partition coefficient (Wildman–Crippen LogP) is 4.06. The first-order valence-corrected chi connectivity index (χ1v) is 6.98. The molecule has 21 heavy (non-hydrogen) atoms. The molecule has 0 saturated heterocycles. The van der Waals surface area contributed by atoms with E-state index < -0.39 is 6.10 Å². The van der Waals surface area contributed by atoms with Crippen LogP contribution < -0.4 is 10.1 Å². The fourth-order valence-corrected chi connectivity index (χ4v) is 2.81. The van der Waals surface area contributed by atoms with Gasteiger partial charge in [-0.25, -0.2) is 8.78 Å². The van der Waals surface area contributed by atoms with E-state index in [2.05, 4.69) is 5.32 Å². The molecule has 2 aromatic carbocycles. The summed E-state index contributed by atoms with van der Waals surface area (Å²) in [7, 11) is 1.84. The maximum Gasteiger partial charge on any atom is 0.130 e. The van der Waals surface area contributed by atoms with Gasteiger partial charge in [0.1, 0.15) is 23.5 Å². The number of benzene rings is 2. The molecule has 1 N–H and O–H groups in total. The Morgan fingerprint density at radius 2 is 1.90 bits per heavy atom. The van der Waals surface area contributed by atoms with E-state index >= 15 is 0 Å². The van der Waals surface area contributed by atoms with Crippen LogP contribution in [0.15, 0.2) is 36.4 Å². The molecule has 2 unspecified atom stereocenters. The highest BCUT2D eigenvalue weighted by atomic mass is 19.1. The number of hydrogen-bond donors (Lipinski definition) is 1. The standard InChI is InChI=1S/C17H17F2NO/c1-10-3-6-14(19)13(7-10)17-9-15(20-2)12-5-4-11(18)8-16(12)21-17/h3-8,15,17,20H,9H2,1-2H3. The van der Waals surface area contributed by atoms with Crippen LogP contribution in [0.1, 0.15) is 35.3 Å². The molecule has 4 heteroatoms. The van der Waals surface area contributed by atoms with Crippen molar-refractivity contribution in [2.24, 2.45) is 0 Å². The Morgan fingerprint density at radius 3 is 2.67 bits per heavy atom. The van der Waals surface area contributed by atoms with E-state index in [1.807, 2.05) is 14.0 Å². The zero-order valence-electron chi connectivity index (χ0n) is 12.0. The summed E-state index contributed by atoms with van der Waals surface area (Å²) in [5.74, 6) is -0.166. The van der Waals surface area contributed by atoms with Gasteiger partial charge in [-0.1, -0.05) is 17.7 Å². The largest absolute Gasteiger partial charge is 0.485 e. The van der Waals surface area contributed by atoms with Crippen molar-refractivity contribution in [2.75, 3.05) is 7.05 Å². The van der Waals surface area contributed by atoms with Crippen LogP contribution in [0.4, 0.5) is 8.78 Å². The first-order chi connectivity index (χ1) is 10.1. The summed E-state index contributed by atoms with van der Waals surface area (Å²) in [6.07, 6.45) is 0.187. The van der Waals surface area contributed by atoms with Gasteiger partial charge >= 0.3 is 0 Å². The molecular weight excluding hydrogens is 272 g/mol. The Labute approximate surface area is 122 Å². The van der Waals surface area contributed by atoms with E-state index in [4.69, 9.17) is 4.74 Å². The van der Waals surface area contributed by atoms with Gasteiger partial charge in [0.25, 0.3) is 0 Å². The smallest absolute Gasteiger partial charge is 0.130 e. The quantitative estimate of drug-likeness (QED) is 0.900. The average Bonchev–Trinajstić information content (AvgIpc) is 2.48. The number of nitrogens with one attached hydrogen (secondary N) is 1. The third-order valence-corrected chi connectivity index (χ3v) is 3.92. The maximum atomic E-state index is 14.1. The van der Waals surface area contributed by atoms with E-state index in [1.165, 1.54) is 18.2 Å². The third-order valence-electron chi connectivity index (χ3n) is 3.92. The summed E-state index contributed by atoms with van der Waals surface area (Å²) in [5, 5.41) is 3.19. The second-order valence-corrected chi connectivity index (χ2v) is 5.39. The first-order valence-electron chi connectivity index (χ1n) is 6.98. The van der Waals surface area contributed by atoms with Crippen LogP contribution in [0.25, 0.3) is 0 Å². The van der Waals surface area contributed by atoms with Gasteiger partial charge in [0.15, 0.2) is 0 Å². The molecule has 0 fully saturated rings. The Kier molecular flexibility index (Phi) is 3.64. The molecule has 0 aromatic heterocycles. The van der Waals surface area contributed by atoms with Crippen LogP contribution in [0, 0.1) is 18.6 Å². The van der Waals surface area contributed by atoms with E-state index in [0.29, 0.717) is 17.7 Å². The van der Waals surface area contributed by atoms with Gasteiger partial charge in [0.05, 0.1) is 0 Å². The fraction of sp³-hybridized carbons (Fsp3) is 0.294. The summed E-state index contributed by atoms with van der Waals surface area (Å²) in [6.45, 7) is 1.91. The number of aryl methyl sites for hydroxylation is 1. The lowest BCUT2D eigenvalue weighted by molar-refractivity contribution is 0.149. The van der Waals surface area contributed by atoms with Gasteiger partial charge < -0.3 is 10.1 Å². The highest BCUT2D eigenvalue weighted by Crippen LogP contribution is 2.41. The summed E-state index contributed by atoms with van der Waals surface area (Å²) in [6, 6.07) is 9.47. The topological polar surface area (TPSA) is 21.3 Å². The molecule has 0 radical (unpaired) electrons. The Balaban J connectivity index is 2.01. The van der Waals surface area contributed by atoms with Gasteiger partial charge in [-0.3, -0.25) is 0 Å². The lowest BCUT2D eigenvalue weighted by atomic mass is 9.92. The SMILES string of the molecule is CNC1CC(c2cc(C)ccc2F)Oc2cc(F)ccc21. The lowest BCUT2D eigenvalue weighted by Gasteiger charge is -2.32. The molecule has 0 aliphatic carbocycles. The third kappa shape index (κ3) is 2.63. The van der Waals surface area contributed by atoms with Crippen molar-refractivity contribution in [3.8, 4) is 5.75 Å². The second-order valence-electron chi connectivity index (χ2n) is 5.39. The number of fused-ring (bicyclic) bond motifs is 1. The van der Waals surface area contributed by atoms with Crippen molar-refractivity contribution in [3.63, 3.8) is 0 Å². The van der Waals surface area contributed by atoms with Gasteiger partial charge in [-0.15, -0.1) is 0 Å². The highest BCUT2D eigenvalue weighted by molar-refractivity contribution is 5.40. The second kappa shape index (κ2) is 5.45. The van der Waals surface area contributed by atoms with Crippen molar-refractivity contribution in [1.29, 1.82) is 0 Å². The summed E-state index contributed by atoms with van der Waals surface area (Å²) >= 11 is 0. The molecule has 2 nitrogen and oxygen atoms in total. The molecule has 110 valence electrons. The normalized spacial score (nSPS) is 20.8. The first kappa shape index (κ1) is 14.0. The van der Waals surface area contributed by atoms with E-state index in [1.54, 1.807) is 18.2 Å². The number of hydrogen-bond acceptors (Lipinski definition) is 2. The van der Waals surface area contributed by atoms with Gasteiger partial charge in [-0.2, -0.15) is 0 Å². The van der Waals surface area contributed by atoms with E-state index in [0.717, 1.165) is 11.1 Å². The molecule has 0 saturated carbocycles. The van der Waals surface area contributed by atoms with Crippen molar-refractivity contribution in [3.05, 3.63) is 64.7 Å². The maximum absolute atomic E-state index is 14.1. The summed E-state index contributed by atoms with van der Waals surface area (Å²) < 4.78 is 33.3. The van der Waals surface area contributed by atoms with Crippen LogP contribution in [0.2, 0.25) is 0 Å². The number of rotatable bonds is 2. The van der Waals surface area contributed by atoms with Crippen LogP contribution in [0.3, 0.4) is 0 Å². The van der Waals surface area contributed by atoms with Gasteiger partial charge in [-0.05, 0) is 32.2 Å². The molecule has 2 aromatic rings. The zero-order chi connectivity index (χ0) is 15.0. The van der Waals surface area contributed by atoms with Crippen molar-refractivity contribution >= 4 is 0 Å². The Morgan fingerprint density at radius 1 is 1.10 bits per heavy atom. The van der Waals surface area contributed by atoms with Gasteiger partial charge in [0.2, 0.25) is 0 Å². The van der Waals surface area contributed by atoms with Crippen LogP contribution in [-0.2, 0) is 0 Å². The van der Waals surface area contributed by atoms with Gasteiger partial charge in [0, 0.05) is 29.7 Å². The Bertz CT molecular complexity index is 672. The molecule has 0 bridgehead atoms. The van der Waals surface area contributed by atoms with Crippen LogP contribution in [0.5, 0.6) is 5.75 Å². The minimum atomic E-state index is -0.420. The molecule has 1 heterocycles. The molecule has 0 amide bonds. The predicted molar refractivity (Wildman–Crippen MR) is 77.3 cm³/mol. The molecule has 0 spiro atoms. The molecule has 3 rings (SSSR count). The minimum Gasteiger partial charge on any atom is -0.485 e. The minimum absolute atomic E-state index is 0.0132. The highest BCUT2D eigenvalue weighted by Gasteiger charge is 2.30. The fourth-order valence-electron chi connectivity index (χ4n) is 2.81. The Hall–Kier alpha value is -1.94. The molecule has 2 atom stereocenters. The average molecular weight is 289 g/mol. The molecule has 1 aliphatic rings. The summed E-state index contributed by atoms with van der Waals surface area (Å²) in [4.78, 5) is 0. The zero-order valence-corrected chi connectivity index (χ0v) is 12.0. The lowest BCUT2D eigenvalue weighted by Crippen LogP contribution is -2.27. The number of halogens is 2. The van der Waals surface area contributed by atoms with E-state index in [-0.39, 0.29) is 17.7 Å². The van der Waals surface area contributed by atoms with Crippen molar-refractivity contribution in [2.45, 2.75) is 25.5 Å². The monoisotopic (exact) mass is 289 g/mol. The van der Waals surface area contributed by atoms with Crippen molar-refractivity contribution < 1.29 is 13.5 Å². The van der Waals surface area contributed by atoms with Crippen LogP contribution in [-0.4, -0.2) is 7.05 Å². The van der Waals surface area contributed by atoms with E-state index in [9.17, 15) is 8.78 Å². The molecular formula is C17H17F2NO. The van der Waals surface area contributed by atoms with Crippen molar-refractivity contribution in [1.82, 2.24) is 5.32 Å². The molecule has 1 aliphatic heterocycles.